The zero-order chi connectivity index (χ0) is 23.4. The number of fused-ring (bicyclic) bond motifs is 1. The van der Waals surface area contributed by atoms with Crippen molar-refractivity contribution in [1.82, 2.24) is 0 Å². The Morgan fingerprint density at radius 1 is 1.00 bits per heavy atom. The Balaban J connectivity index is 1.61. The van der Waals surface area contributed by atoms with Crippen LogP contribution >= 0.6 is 0 Å². The minimum absolute atomic E-state index is 0.0423. The van der Waals surface area contributed by atoms with Crippen LogP contribution in [0, 0.1) is 10.1 Å². The van der Waals surface area contributed by atoms with E-state index < -0.39 is 16.3 Å². The maximum Gasteiger partial charge on any atom is 0.350 e. The summed E-state index contributed by atoms with van der Waals surface area (Å²) in [7, 11) is 0. The smallest absolute Gasteiger partial charge is 0.350 e. The van der Waals surface area contributed by atoms with E-state index >= 15 is 0 Å². The molecule has 9 nitrogen and oxygen atoms in total. The monoisotopic (exact) mass is 447 g/mol. The highest BCUT2D eigenvalue weighted by Gasteiger charge is 2.21. The van der Waals surface area contributed by atoms with Crippen molar-refractivity contribution in [2.45, 2.75) is 6.92 Å². The van der Waals surface area contributed by atoms with Gasteiger partial charge in [-0.2, -0.15) is 0 Å². The van der Waals surface area contributed by atoms with E-state index in [0.717, 1.165) is 6.26 Å². The first-order valence-corrected chi connectivity index (χ1v) is 9.88. The molecular weight excluding hydrogens is 430 g/mol. The van der Waals surface area contributed by atoms with Crippen molar-refractivity contribution >= 4 is 22.6 Å². The van der Waals surface area contributed by atoms with E-state index in [2.05, 4.69) is 0 Å². The van der Waals surface area contributed by atoms with Crippen molar-refractivity contribution in [3.05, 3.63) is 98.9 Å². The highest BCUT2D eigenvalue weighted by atomic mass is 16.6. The second-order valence-corrected chi connectivity index (χ2v) is 6.73. The zero-order valence-corrected chi connectivity index (χ0v) is 17.3. The van der Waals surface area contributed by atoms with E-state index in [0.29, 0.717) is 18.1 Å². The average Bonchev–Trinajstić information content (AvgIpc) is 2.82. The van der Waals surface area contributed by atoms with Gasteiger partial charge in [-0.15, -0.1) is 0 Å². The van der Waals surface area contributed by atoms with Gasteiger partial charge in [-0.05, 0) is 37.3 Å². The molecule has 4 rings (SSSR count). The molecule has 0 bridgehead atoms. The molecule has 0 fully saturated rings. The largest absolute Gasteiger partial charge is 0.490 e. The fraction of sp³-hybridized carbons (Fsp3) is 0.0833. The lowest BCUT2D eigenvalue weighted by Gasteiger charge is -2.11. The molecule has 4 aromatic rings. The van der Waals surface area contributed by atoms with Crippen LogP contribution in [0.1, 0.15) is 17.3 Å². The van der Waals surface area contributed by atoms with Gasteiger partial charge in [0.15, 0.2) is 11.5 Å². The first-order valence-electron chi connectivity index (χ1n) is 9.88. The Morgan fingerprint density at radius 3 is 2.48 bits per heavy atom. The molecule has 0 aliphatic rings. The van der Waals surface area contributed by atoms with Crippen molar-refractivity contribution in [3.63, 3.8) is 0 Å². The maximum absolute atomic E-state index is 12.9. The summed E-state index contributed by atoms with van der Waals surface area (Å²) in [6.07, 6.45) is 1.15. The lowest BCUT2D eigenvalue weighted by Crippen LogP contribution is -2.11. The minimum atomic E-state index is -0.906. The van der Waals surface area contributed by atoms with Crippen LogP contribution in [0.4, 0.5) is 5.69 Å². The van der Waals surface area contributed by atoms with Crippen LogP contribution in [-0.2, 0) is 0 Å². The molecule has 0 unspecified atom stereocenters. The van der Waals surface area contributed by atoms with Crippen LogP contribution < -0.4 is 19.6 Å². The summed E-state index contributed by atoms with van der Waals surface area (Å²) >= 11 is 0. The van der Waals surface area contributed by atoms with Crippen LogP contribution in [0.15, 0.2) is 82.2 Å². The van der Waals surface area contributed by atoms with Crippen LogP contribution in [0.3, 0.4) is 0 Å². The second kappa shape index (κ2) is 9.23. The molecule has 0 saturated carbocycles. The Labute approximate surface area is 186 Å². The number of carbonyl (C=O) groups is 1. The fourth-order valence-electron chi connectivity index (χ4n) is 3.12. The molecule has 9 heteroatoms. The molecule has 1 heterocycles. The summed E-state index contributed by atoms with van der Waals surface area (Å²) in [5, 5.41) is 11.3. The van der Waals surface area contributed by atoms with E-state index in [1.165, 1.54) is 42.5 Å². The van der Waals surface area contributed by atoms with Gasteiger partial charge in [0.25, 0.3) is 5.69 Å². The standard InChI is InChI=1S/C24H17NO8/c1-2-30-19-9-5-6-10-20(19)33-22-14-31-21-13-15(11-12-17(21)23(22)26)32-24(27)16-7-3-4-8-18(16)25(28)29/h3-14H,2H2,1H3. The number of nitrogens with zero attached hydrogens (tertiary/aromatic N) is 1. The Morgan fingerprint density at radius 2 is 1.73 bits per heavy atom. The number of benzene rings is 3. The number of carbonyl (C=O) groups excluding carboxylic acids is 1. The Bertz CT molecular complexity index is 1410. The predicted octanol–water partition coefficient (Wildman–Crippen LogP) is 5.11. The third kappa shape index (κ3) is 4.52. The first-order chi connectivity index (χ1) is 16.0. The summed E-state index contributed by atoms with van der Waals surface area (Å²) in [4.78, 5) is 35.8. The van der Waals surface area contributed by atoms with Gasteiger partial charge in [0, 0.05) is 12.1 Å². The number of para-hydroxylation sites is 3. The molecular formula is C24H17NO8. The van der Waals surface area contributed by atoms with Gasteiger partial charge >= 0.3 is 5.97 Å². The molecule has 0 N–H and O–H groups in total. The van der Waals surface area contributed by atoms with Crippen molar-refractivity contribution in [2.24, 2.45) is 0 Å². The number of esters is 1. The number of nitro benzene ring substituents is 1. The minimum Gasteiger partial charge on any atom is -0.490 e. The third-order valence-electron chi connectivity index (χ3n) is 4.61. The molecule has 0 radical (unpaired) electrons. The van der Waals surface area contributed by atoms with E-state index in [1.54, 1.807) is 24.3 Å². The van der Waals surface area contributed by atoms with Crippen LogP contribution in [-0.4, -0.2) is 17.5 Å². The quantitative estimate of drug-likeness (QED) is 0.166. The fourth-order valence-corrected chi connectivity index (χ4v) is 3.12. The lowest BCUT2D eigenvalue weighted by atomic mass is 10.2. The summed E-state index contributed by atoms with van der Waals surface area (Å²) in [5.74, 6) is -0.0438. The van der Waals surface area contributed by atoms with Gasteiger partial charge in [-0.1, -0.05) is 24.3 Å². The molecule has 0 amide bonds. The lowest BCUT2D eigenvalue weighted by molar-refractivity contribution is -0.385. The topological polar surface area (TPSA) is 118 Å². The molecule has 0 atom stereocenters. The van der Waals surface area contributed by atoms with Gasteiger partial charge in [0.05, 0.1) is 16.9 Å². The number of nitro groups is 1. The third-order valence-corrected chi connectivity index (χ3v) is 4.61. The predicted molar refractivity (Wildman–Crippen MR) is 118 cm³/mol. The van der Waals surface area contributed by atoms with Crippen molar-refractivity contribution in [3.8, 4) is 23.0 Å². The van der Waals surface area contributed by atoms with Gasteiger partial charge < -0.3 is 18.6 Å². The molecule has 0 aliphatic heterocycles. The number of hydrogen-bond donors (Lipinski definition) is 0. The van der Waals surface area contributed by atoms with E-state index in [-0.39, 0.29) is 33.7 Å². The molecule has 0 aliphatic carbocycles. The molecule has 0 saturated heterocycles. The normalized spacial score (nSPS) is 10.6. The highest BCUT2D eigenvalue weighted by molar-refractivity contribution is 5.95. The zero-order valence-electron chi connectivity index (χ0n) is 17.3. The van der Waals surface area contributed by atoms with Gasteiger partial charge in [0.2, 0.25) is 11.2 Å². The SMILES string of the molecule is CCOc1ccccc1Oc1coc2cc(OC(=O)c3ccccc3[N+](=O)[O-])ccc2c1=O. The summed E-state index contributed by atoms with van der Waals surface area (Å²) in [6.45, 7) is 2.27. The van der Waals surface area contributed by atoms with Crippen LogP contribution in [0.25, 0.3) is 11.0 Å². The summed E-state index contributed by atoms with van der Waals surface area (Å²) in [5.41, 5.74) is -0.845. The Kier molecular flexibility index (Phi) is 6.03. The highest BCUT2D eigenvalue weighted by Crippen LogP contribution is 2.31. The van der Waals surface area contributed by atoms with Gasteiger partial charge in [-0.3, -0.25) is 14.9 Å². The first kappa shape index (κ1) is 21.6. The van der Waals surface area contributed by atoms with Gasteiger partial charge in [-0.25, -0.2) is 4.79 Å². The molecule has 33 heavy (non-hydrogen) atoms. The van der Waals surface area contributed by atoms with E-state index in [1.807, 2.05) is 6.92 Å². The second-order valence-electron chi connectivity index (χ2n) is 6.73. The summed E-state index contributed by atoms with van der Waals surface area (Å²) in [6, 6.07) is 16.5. The number of ether oxygens (including phenoxy) is 3. The average molecular weight is 447 g/mol. The van der Waals surface area contributed by atoms with Crippen LogP contribution in [0.2, 0.25) is 0 Å². The summed E-state index contributed by atoms with van der Waals surface area (Å²) < 4.78 is 22.0. The Hall–Kier alpha value is -4.66. The van der Waals surface area contributed by atoms with Crippen molar-refractivity contribution in [1.29, 1.82) is 0 Å². The van der Waals surface area contributed by atoms with E-state index in [4.69, 9.17) is 18.6 Å². The molecule has 1 aromatic heterocycles. The van der Waals surface area contributed by atoms with Crippen molar-refractivity contribution in [2.75, 3.05) is 6.61 Å². The molecule has 3 aromatic carbocycles. The molecule has 166 valence electrons. The molecule has 0 spiro atoms. The van der Waals surface area contributed by atoms with Gasteiger partial charge in [0.1, 0.15) is 23.2 Å². The van der Waals surface area contributed by atoms with Crippen molar-refractivity contribution < 1.29 is 28.3 Å². The maximum atomic E-state index is 12.9. The van der Waals surface area contributed by atoms with Crippen LogP contribution in [0.5, 0.6) is 23.0 Å². The number of hydrogen-bond acceptors (Lipinski definition) is 8. The number of rotatable bonds is 7. The van der Waals surface area contributed by atoms with E-state index in [9.17, 15) is 19.7 Å².